The Morgan fingerprint density at radius 3 is 2.54 bits per heavy atom. The highest BCUT2D eigenvalue weighted by Gasteiger charge is 2.17. The Bertz CT molecular complexity index is 373. The summed E-state index contributed by atoms with van der Waals surface area (Å²) in [6, 6.07) is 1.69. The van der Waals surface area contributed by atoms with Gasteiger partial charge in [-0.15, -0.1) is 0 Å². The largest absolute Gasteiger partial charge is 0.266 e. The molecular weight excluding hydrogens is 310 g/mol. The second-order valence-corrected chi connectivity index (χ2v) is 3.65. The minimum absolute atomic E-state index is 0.0862. The van der Waals surface area contributed by atoms with Gasteiger partial charge in [-0.05, 0) is 31.9 Å². The monoisotopic (exact) mass is 310 g/mol. The van der Waals surface area contributed by atoms with E-state index >= 15 is 0 Å². The third-order valence-corrected chi connectivity index (χ3v) is 3.26. The molecule has 13 heavy (non-hydrogen) atoms. The number of hydrogen-bond acceptors (Lipinski definition) is 2. The average Bonchev–Trinajstić information content (AvgIpc) is 2.09. The van der Waals surface area contributed by atoms with Crippen LogP contribution in [0.1, 0.15) is 17.6 Å². The molecule has 6 heteroatoms. The molecule has 0 aliphatic heterocycles. The van der Waals surface area contributed by atoms with Crippen LogP contribution in [0.5, 0.6) is 0 Å². The van der Waals surface area contributed by atoms with Crippen molar-refractivity contribution < 1.29 is 8.78 Å². The first kappa shape index (κ1) is 10.5. The summed E-state index contributed by atoms with van der Waals surface area (Å²) in [5.41, 5.74) is -0.450. The summed E-state index contributed by atoms with van der Waals surface area (Å²) in [7, 11) is 0. The maximum atomic E-state index is 12.3. The first-order valence-electron chi connectivity index (χ1n) is 3.10. The first-order valence-corrected chi connectivity index (χ1v) is 4.68. The molecule has 1 heterocycles. The van der Waals surface area contributed by atoms with Crippen molar-refractivity contribution in [1.29, 1.82) is 5.26 Å². The number of hydrogen-bond donors (Lipinski definition) is 0. The molecule has 0 aromatic carbocycles. The van der Waals surface area contributed by atoms with Gasteiger partial charge in [0.25, 0.3) is 6.43 Å². The molecule has 0 aliphatic rings. The van der Waals surface area contributed by atoms with Crippen LogP contribution in [0.4, 0.5) is 8.78 Å². The molecule has 1 aromatic rings. The smallest absolute Gasteiger partial charge is 0.248 e. The second kappa shape index (κ2) is 4.11. The number of pyridine rings is 1. The quantitative estimate of drug-likeness (QED) is 0.745. The van der Waals surface area contributed by atoms with E-state index in [4.69, 9.17) is 5.26 Å². The van der Waals surface area contributed by atoms with Crippen molar-refractivity contribution in [2.45, 2.75) is 6.43 Å². The minimum Gasteiger partial charge on any atom is -0.248 e. The van der Waals surface area contributed by atoms with E-state index in [0.29, 0.717) is 4.60 Å². The van der Waals surface area contributed by atoms with Crippen LogP contribution in [-0.2, 0) is 0 Å². The van der Waals surface area contributed by atoms with Crippen molar-refractivity contribution in [3.05, 3.63) is 26.4 Å². The molecule has 0 saturated carbocycles. The summed E-state index contributed by atoms with van der Waals surface area (Å²) in [4.78, 5) is 3.65. The van der Waals surface area contributed by atoms with Gasteiger partial charge in [-0.3, -0.25) is 0 Å². The lowest BCUT2D eigenvalue weighted by atomic mass is 10.2. The van der Waals surface area contributed by atoms with E-state index in [9.17, 15) is 8.78 Å². The van der Waals surface area contributed by atoms with Crippen molar-refractivity contribution >= 4 is 31.9 Å². The van der Waals surface area contributed by atoms with Crippen LogP contribution < -0.4 is 0 Å². The molecule has 0 aliphatic carbocycles. The van der Waals surface area contributed by atoms with E-state index in [1.165, 1.54) is 0 Å². The topological polar surface area (TPSA) is 36.7 Å². The zero-order valence-corrected chi connectivity index (χ0v) is 9.23. The number of rotatable bonds is 1. The lowest BCUT2D eigenvalue weighted by Crippen LogP contribution is -1.94. The van der Waals surface area contributed by atoms with Gasteiger partial charge in [0.05, 0.1) is 15.6 Å². The van der Waals surface area contributed by atoms with Crippen molar-refractivity contribution in [1.82, 2.24) is 4.98 Å². The molecule has 0 atom stereocenters. The number of halogens is 4. The maximum absolute atomic E-state index is 12.3. The molecule has 68 valence electrons. The molecule has 1 aromatic heterocycles. The molecule has 0 unspecified atom stereocenters. The normalized spacial score (nSPS) is 10.2. The lowest BCUT2D eigenvalue weighted by Gasteiger charge is -2.04. The molecule has 0 spiro atoms. The fraction of sp³-hybridized carbons (Fsp3) is 0.143. The van der Waals surface area contributed by atoms with E-state index in [1.807, 2.05) is 0 Å². The summed E-state index contributed by atoms with van der Waals surface area (Å²) in [6.45, 7) is 0. The average molecular weight is 312 g/mol. The highest BCUT2D eigenvalue weighted by atomic mass is 79.9. The zero-order valence-electron chi connectivity index (χ0n) is 6.06. The maximum Gasteiger partial charge on any atom is 0.266 e. The van der Waals surface area contributed by atoms with Crippen LogP contribution in [0.2, 0.25) is 0 Å². The fourth-order valence-corrected chi connectivity index (χ4v) is 1.48. The van der Waals surface area contributed by atoms with Crippen LogP contribution in [0.25, 0.3) is 0 Å². The first-order chi connectivity index (χ1) is 6.07. The Labute approximate surface area is 89.8 Å². The van der Waals surface area contributed by atoms with Crippen molar-refractivity contribution in [2.75, 3.05) is 0 Å². The van der Waals surface area contributed by atoms with Gasteiger partial charge < -0.3 is 0 Å². The van der Waals surface area contributed by atoms with Gasteiger partial charge in [0.1, 0.15) is 10.7 Å². The van der Waals surface area contributed by atoms with E-state index in [2.05, 4.69) is 36.8 Å². The SMILES string of the molecule is N#Cc1c(C(F)F)cnc(Br)c1Br. The molecule has 0 N–H and O–H groups in total. The number of nitriles is 1. The molecule has 1 rings (SSSR count). The predicted octanol–water partition coefficient (Wildman–Crippen LogP) is 3.42. The Hall–Kier alpha value is -0.540. The van der Waals surface area contributed by atoms with Crippen LogP contribution in [0, 0.1) is 11.3 Å². The predicted molar refractivity (Wildman–Crippen MR) is 49.3 cm³/mol. The number of aromatic nitrogens is 1. The highest BCUT2D eigenvalue weighted by molar-refractivity contribution is 9.13. The van der Waals surface area contributed by atoms with Crippen molar-refractivity contribution in [2.24, 2.45) is 0 Å². The molecular formula is C7H2Br2F2N2. The van der Waals surface area contributed by atoms with Gasteiger partial charge in [-0.2, -0.15) is 5.26 Å². The Morgan fingerprint density at radius 1 is 1.46 bits per heavy atom. The standard InChI is InChI=1S/C7H2Br2F2N2/c8-5-3(1-12)4(7(10)11)2-13-6(5)9/h2,7H. The van der Waals surface area contributed by atoms with Crippen LogP contribution in [0.15, 0.2) is 15.3 Å². The Balaban J connectivity index is 3.41. The molecule has 0 bridgehead atoms. The van der Waals surface area contributed by atoms with Gasteiger partial charge in [-0.1, -0.05) is 0 Å². The molecule has 0 fully saturated rings. The highest BCUT2D eigenvalue weighted by Crippen LogP contribution is 2.31. The van der Waals surface area contributed by atoms with E-state index < -0.39 is 6.43 Å². The van der Waals surface area contributed by atoms with E-state index in [1.54, 1.807) is 6.07 Å². The van der Waals surface area contributed by atoms with Gasteiger partial charge in [0, 0.05) is 6.20 Å². The third kappa shape index (κ3) is 2.03. The zero-order chi connectivity index (χ0) is 10.0. The van der Waals surface area contributed by atoms with Gasteiger partial charge in [0.2, 0.25) is 0 Å². The molecule has 2 nitrogen and oxygen atoms in total. The molecule has 0 saturated heterocycles. The van der Waals surface area contributed by atoms with E-state index in [-0.39, 0.29) is 15.6 Å². The summed E-state index contributed by atoms with van der Waals surface area (Å²) < 4.78 is 25.2. The van der Waals surface area contributed by atoms with Crippen molar-refractivity contribution in [3.63, 3.8) is 0 Å². The summed E-state index contributed by atoms with van der Waals surface area (Å²) in [5.74, 6) is 0. The summed E-state index contributed by atoms with van der Waals surface area (Å²) >= 11 is 6.01. The van der Waals surface area contributed by atoms with E-state index in [0.717, 1.165) is 6.20 Å². The third-order valence-electron chi connectivity index (χ3n) is 1.35. The van der Waals surface area contributed by atoms with Crippen LogP contribution in [0.3, 0.4) is 0 Å². The summed E-state index contributed by atoms with van der Waals surface area (Å²) in [5, 5.41) is 8.61. The number of alkyl halides is 2. The van der Waals surface area contributed by atoms with Gasteiger partial charge >= 0.3 is 0 Å². The summed E-state index contributed by atoms with van der Waals surface area (Å²) in [6.07, 6.45) is -1.70. The Kier molecular flexibility index (Phi) is 3.33. The minimum atomic E-state index is -2.69. The van der Waals surface area contributed by atoms with Crippen molar-refractivity contribution in [3.8, 4) is 6.07 Å². The lowest BCUT2D eigenvalue weighted by molar-refractivity contribution is 0.150. The fourth-order valence-electron chi connectivity index (χ4n) is 0.756. The number of nitrogens with zero attached hydrogens (tertiary/aromatic N) is 2. The van der Waals surface area contributed by atoms with Crippen LogP contribution in [-0.4, -0.2) is 4.98 Å². The molecule has 0 amide bonds. The van der Waals surface area contributed by atoms with Gasteiger partial charge in [-0.25, -0.2) is 13.8 Å². The Morgan fingerprint density at radius 2 is 2.08 bits per heavy atom. The second-order valence-electron chi connectivity index (χ2n) is 2.11. The molecule has 0 radical (unpaired) electrons. The van der Waals surface area contributed by atoms with Gasteiger partial charge in [0.15, 0.2) is 0 Å². The van der Waals surface area contributed by atoms with Crippen LogP contribution >= 0.6 is 31.9 Å².